The van der Waals surface area contributed by atoms with Crippen molar-refractivity contribution >= 4 is 18.3 Å². The van der Waals surface area contributed by atoms with Crippen LogP contribution in [0.25, 0.3) is 0 Å². The van der Waals surface area contributed by atoms with Crippen molar-refractivity contribution in [3.05, 3.63) is 29.8 Å². The van der Waals surface area contributed by atoms with E-state index < -0.39 is 0 Å². The number of methoxy groups -OCH3 is 1. The summed E-state index contributed by atoms with van der Waals surface area (Å²) >= 11 is 0. The van der Waals surface area contributed by atoms with Gasteiger partial charge in [0, 0.05) is 20.0 Å². The number of amides is 1. The molecule has 1 atom stereocenters. The highest BCUT2D eigenvalue weighted by Gasteiger charge is 2.17. The molecule has 1 aromatic rings. The molecular formula is C16H25ClN2O2. The van der Waals surface area contributed by atoms with Crippen molar-refractivity contribution in [1.82, 2.24) is 10.2 Å². The van der Waals surface area contributed by atoms with Gasteiger partial charge >= 0.3 is 0 Å². The smallest absolute Gasteiger partial charge is 0.222 e. The maximum absolute atomic E-state index is 12.1. The average molecular weight is 313 g/mol. The molecule has 0 aromatic heterocycles. The molecule has 118 valence electrons. The zero-order valence-corrected chi connectivity index (χ0v) is 13.6. The molecule has 1 aliphatic heterocycles. The third-order valence-corrected chi connectivity index (χ3v) is 3.93. The van der Waals surface area contributed by atoms with Crippen LogP contribution in [0, 0.1) is 5.92 Å². The van der Waals surface area contributed by atoms with Crippen LogP contribution < -0.4 is 10.1 Å². The van der Waals surface area contributed by atoms with Crippen LogP contribution in [0.2, 0.25) is 0 Å². The lowest BCUT2D eigenvalue weighted by molar-refractivity contribution is -0.130. The maximum Gasteiger partial charge on any atom is 0.222 e. The van der Waals surface area contributed by atoms with Gasteiger partial charge in [-0.3, -0.25) is 4.79 Å². The molecule has 1 unspecified atom stereocenters. The number of nitrogens with one attached hydrogen (secondary N) is 1. The molecule has 0 spiro atoms. The lowest BCUT2D eigenvalue weighted by Gasteiger charge is -2.18. The number of rotatable bonds is 6. The Morgan fingerprint density at radius 3 is 2.67 bits per heavy atom. The lowest BCUT2D eigenvalue weighted by atomic mass is 10.0. The second-order valence-corrected chi connectivity index (χ2v) is 5.50. The Hall–Kier alpha value is -1.26. The van der Waals surface area contributed by atoms with Gasteiger partial charge < -0.3 is 15.0 Å². The number of carbonyl (C=O) groups is 1. The minimum atomic E-state index is 0. The first-order chi connectivity index (χ1) is 9.69. The molecule has 0 aliphatic carbocycles. The number of halogens is 1. The third kappa shape index (κ3) is 5.56. The number of nitrogens with zero attached hydrogens (tertiary/aromatic N) is 1. The van der Waals surface area contributed by atoms with Gasteiger partial charge in [-0.25, -0.2) is 0 Å². The standard InChI is InChI=1S/C16H24N2O2.ClH/c1-18(12-14-3-6-15(20-2)7-4-14)16(19)8-5-13-9-10-17-11-13;/h3-4,6-7,13,17H,5,8-12H2,1-2H3;1H. The molecule has 1 amide bonds. The van der Waals surface area contributed by atoms with Gasteiger partial charge in [-0.2, -0.15) is 0 Å². The second kappa shape index (κ2) is 8.90. The van der Waals surface area contributed by atoms with Gasteiger partial charge in [0.2, 0.25) is 5.91 Å². The summed E-state index contributed by atoms with van der Waals surface area (Å²) in [6, 6.07) is 7.86. The van der Waals surface area contributed by atoms with Crippen molar-refractivity contribution in [1.29, 1.82) is 0 Å². The number of benzene rings is 1. The fourth-order valence-corrected chi connectivity index (χ4v) is 2.57. The van der Waals surface area contributed by atoms with Gasteiger partial charge in [0.15, 0.2) is 0 Å². The van der Waals surface area contributed by atoms with Crippen LogP contribution in [0.1, 0.15) is 24.8 Å². The summed E-state index contributed by atoms with van der Waals surface area (Å²) in [6.07, 6.45) is 2.85. The van der Waals surface area contributed by atoms with Gasteiger partial charge in [-0.05, 0) is 49.5 Å². The Kier molecular flexibility index (Phi) is 7.54. The number of hydrogen-bond donors (Lipinski definition) is 1. The molecule has 1 fully saturated rings. The first-order valence-corrected chi connectivity index (χ1v) is 7.26. The van der Waals surface area contributed by atoms with E-state index in [-0.39, 0.29) is 18.3 Å². The van der Waals surface area contributed by atoms with E-state index in [9.17, 15) is 4.79 Å². The molecule has 1 heterocycles. The van der Waals surface area contributed by atoms with Crippen molar-refractivity contribution in [2.24, 2.45) is 5.92 Å². The monoisotopic (exact) mass is 312 g/mol. The molecule has 0 bridgehead atoms. The molecule has 2 rings (SSSR count). The highest BCUT2D eigenvalue weighted by Crippen LogP contribution is 2.16. The first kappa shape index (κ1) is 17.8. The minimum Gasteiger partial charge on any atom is -0.497 e. The Morgan fingerprint density at radius 2 is 2.10 bits per heavy atom. The highest BCUT2D eigenvalue weighted by molar-refractivity contribution is 5.85. The van der Waals surface area contributed by atoms with E-state index in [4.69, 9.17) is 4.74 Å². The Labute approximate surface area is 133 Å². The van der Waals surface area contributed by atoms with Gasteiger partial charge in [0.05, 0.1) is 7.11 Å². The Balaban J connectivity index is 0.00000220. The second-order valence-electron chi connectivity index (χ2n) is 5.50. The summed E-state index contributed by atoms with van der Waals surface area (Å²) in [6.45, 7) is 2.82. The Bertz CT molecular complexity index is 430. The van der Waals surface area contributed by atoms with Crippen molar-refractivity contribution < 1.29 is 9.53 Å². The maximum atomic E-state index is 12.1. The molecule has 21 heavy (non-hydrogen) atoms. The number of carbonyl (C=O) groups excluding carboxylic acids is 1. The van der Waals surface area contributed by atoms with Crippen LogP contribution in [0.5, 0.6) is 5.75 Å². The van der Waals surface area contributed by atoms with E-state index in [1.54, 1.807) is 7.11 Å². The zero-order chi connectivity index (χ0) is 14.4. The molecule has 1 N–H and O–H groups in total. The van der Waals surface area contributed by atoms with Gasteiger partial charge in [0.1, 0.15) is 5.75 Å². The summed E-state index contributed by atoms with van der Waals surface area (Å²) < 4.78 is 5.13. The molecule has 0 saturated carbocycles. The molecule has 5 heteroatoms. The van der Waals surface area contributed by atoms with Crippen molar-refractivity contribution in [3.63, 3.8) is 0 Å². The van der Waals surface area contributed by atoms with Crippen LogP contribution >= 0.6 is 12.4 Å². The number of hydrogen-bond acceptors (Lipinski definition) is 3. The molecule has 1 aliphatic rings. The minimum absolute atomic E-state index is 0. The third-order valence-electron chi connectivity index (χ3n) is 3.93. The molecule has 4 nitrogen and oxygen atoms in total. The van der Waals surface area contributed by atoms with E-state index in [0.29, 0.717) is 18.9 Å². The van der Waals surface area contributed by atoms with Crippen LogP contribution in [0.3, 0.4) is 0 Å². The van der Waals surface area contributed by atoms with Gasteiger partial charge in [-0.1, -0.05) is 12.1 Å². The van der Waals surface area contributed by atoms with Crippen molar-refractivity contribution in [3.8, 4) is 5.75 Å². The van der Waals surface area contributed by atoms with Crippen molar-refractivity contribution in [2.45, 2.75) is 25.8 Å². The van der Waals surface area contributed by atoms with E-state index in [0.717, 1.165) is 30.8 Å². The fraction of sp³-hybridized carbons (Fsp3) is 0.562. The topological polar surface area (TPSA) is 41.6 Å². The summed E-state index contributed by atoms with van der Waals surface area (Å²) in [7, 11) is 3.53. The Morgan fingerprint density at radius 1 is 1.38 bits per heavy atom. The van der Waals surface area contributed by atoms with Crippen LogP contribution in [0.15, 0.2) is 24.3 Å². The predicted octanol–water partition coefficient (Wildman–Crippen LogP) is 2.47. The van der Waals surface area contributed by atoms with Crippen molar-refractivity contribution in [2.75, 3.05) is 27.2 Å². The molecule has 0 radical (unpaired) electrons. The molecular weight excluding hydrogens is 288 g/mol. The lowest BCUT2D eigenvalue weighted by Crippen LogP contribution is -2.26. The fourth-order valence-electron chi connectivity index (χ4n) is 2.57. The van der Waals surface area contributed by atoms with E-state index in [2.05, 4.69) is 5.32 Å². The van der Waals surface area contributed by atoms with Crippen LogP contribution in [-0.2, 0) is 11.3 Å². The predicted molar refractivity (Wildman–Crippen MR) is 86.9 cm³/mol. The van der Waals surface area contributed by atoms with Gasteiger partial charge in [-0.15, -0.1) is 12.4 Å². The number of ether oxygens (including phenoxy) is 1. The van der Waals surface area contributed by atoms with E-state index in [1.807, 2.05) is 36.2 Å². The highest BCUT2D eigenvalue weighted by atomic mass is 35.5. The summed E-state index contributed by atoms with van der Waals surface area (Å²) in [5.41, 5.74) is 1.13. The summed E-state index contributed by atoms with van der Waals surface area (Å²) in [5, 5.41) is 3.34. The first-order valence-electron chi connectivity index (χ1n) is 7.26. The SMILES string of the molecule is COc1ccc(CN(C)C(=O)CCC2CCNC2)cc1.Cl. The van der Waals surface area contributed by atoms with E-state index in [1.165, 1.54) is 6.42 Å². The average Bonchev–Trinajstić information content (AvgIpc) is 2.98. The van der Waals surface area contributed by atoms with E-state index >= 15 is 0 Å². The quantitative estimate of drug-likeness (QED) is 0.877. The van der Waals surface area contributed by atoms with Gasteiger partial charge in [0.25, 0.3) is 0 Å². The largest absolute Gasteiger partial charge is 0.497 e. The van der Waals surface area contributed by atoms with Crippen LogP contribution in [0.4, 0.5) is 0 Å². The summed E-state index contributed by atoms with van der Waals surface area (Å²) in [5.74, 6) is 1.75. The normalized spacial score (nSPS) is 17.1. The summed E-state index contributed by atoms with van der Waals surface area (Å²) in [4.78, 5) is 13.9. The van der Waals surface area contributed by atoms with Crippen LogP contribution in [-0.4, -0.2) is 38.1 Å². The zero-order valence-electron chi connectivity index (χ0n) is 12.8. The molecule has 1 saturated heterocycles. The molecule has 1 aromatic carbocycles.